The molecule has 106 valence electrons. The lowest BCUT2D eigenvalue weighted by atomic mass is 10.0. The van der Waals surface area contributed by atoms with E-state index in [4.69, 9.17) is 10.8 Å². The molecule has 0 aromatic carbocycles. The summed E-state index contributed by atoms with van der Waals surface area (Å²) in [6.07, 6.45) is 2.36. The third-order valence-electron chi connectivity index (χ3n) is 2.73. The quantitative estimate of drug-likeness (QED) is 0.576. The number of nitrogens with one attached hydrogen (secondary N) is 1. The van der Waals surface area contributed by atoms with Crippen molar-refractivity contribution in [3.63, 3.8) is 0 Å². The Bertz CT molecular complexity index is 432. The zero-order valence-corrected chi connectivity index (χ0v) is 10.9. The van der Waals surface area contributed by atoms with Gasteiger partial charge in [-0.25, -0.2) is 4.68 Å². The van der Waals surface area contributed by atoms with Gasteiger partial charge in [0.2, 0.25) is 5.91 Å². The first-order valence-electron chi connectivity index (χ1n) is 6.12. The van der Waals surface area contributed by atoms with Crippen LogP contribution in [0.2, 0.25) is 0 Å². The third kappa shape index (κ3) is 5.47. The molecule has 0 saturated carbocycles. The fourth-order valence-electron chi connectivity index (χ4n) is 1.58. The average molecular weight is 269 g/mol. The van der Waals surface area contributed by atoms with Crippen molar-refractivity contribution in [2.24, 2.45) is 11.7 Å². The molecule has 0 saturated heterocycles. The molecule has 1 aromatic rings. The first-order valence-corrected chi connectivity index (χ1v) is 6.12. The van der Waals surface area contributed by atoms with E-state index in [-0.39, 0.29) is 31.3 Å². The summed E-state index contributed by atoms with van der Waals surface area (Å²) in [5.41, 5.74) is 6.00. The van der Waals surface area contributed by atoms with Crippen LogP contribution in [0.15, 0.2) is 6.20 Å². The highest BCUT2D eigenvalue weighted by atomic mass is 16.4. The summed E-state index contributed by atoms with van der Waals surface area (Å²) < 4.78 is 1.40. The Kier molecular flexibility index (Phi) is 5.94. The summed E-state index contributed by atoms with van der Waals surface area (Å²) in [6, 6.07) is 0. The van der Waals surface area contributed by atoms with Crippen molar-refractivity contribution in [2.45, 2.75) is 32.9 Å². The van der Waals surface area contributed by atoms with Gasteiger partial charge >= 0.3 is 5.97 Å². The number of hydrogen-bond acceptors (Lipinski definition) is 5. The predicted octanol–water partition coefficient (Wildman–Crippen LogP) is -0.646. The Hall–Kier alpha value is -1.96. The van der Waals surface area contributed by atoms with Crippen LogP contribution in [0.5, 0.6) is 0 Å². The second-order valence-electron chi connectivity index (χ2n) is 4.29. The van der Waals surface area contributed by atoms with E-state index in [0.29, 0.717) is 18.7 Å². The lowest BCUT2D eigenvalue weighted by Crippen LogP contribution is -2.32. The summed E-state index contributed by atoms with van der Waals surface area (Å²) in [7, 11) is 0. The molecule has 0 aliphatic rings. The number of hydrogen-bond donors (Lipinski definition) is 3. The van der Waals surface area contributed by atoms with E-state index in [1.54, 1.807) is 6.20 Å². The van der Waals surface area contributed by atoms with E-state index in [1.165, 1.54) is 4.68 Å². The number of carbonyl (C=O) groups excluding carboxylic acids is 1. The van der Waals surface area contributed by atoms with Gasteiger partial charge in [0.1, 0.15) is 6.54 Å². The largest absolute Gasteiger partial charge is 0.481 e. The second kappa shape index (κ2) is 7.47. The Morgan fingerprint density at radius 1 is 1.58 bits per heavy atom. The lowest BCUT2D eigenvalue weighted by Gasteiger charge is -2.13. The van der Waals surface area contributed by atoms with Gasteiger partial charge in [-0.2, -0.15) is 0 Å². The van der Waals surface area contributed by atoms with Crippen LogP contribution in [0.25, 0.3) is 0 Å². The van der Waals surface area contributed by atoms with Gasteiger partial charge in [0.05, 0.1) is 11.9 Å². The van der Waals surface area contributed by atoms with Crippen molar-refractivity contribution in [3.8, 4) is 0 Å². The fourth-order valence-corrected chi connectivity index (χ4v) is 1.58. The molecule has 1 amide bonds. The predicted molar refractivity (Wildman–Crippen MR) is 67.0 cm³/mol. The summed E-state index contributed by atoms with van der Waals surface area (Å²) in [5.74, 6) is -1.14. The van der Waals surface area contributed by atoms with Gasteiger partial charge in [0.25, 0.3) is 0 Å². The molecule has 0 radical (unpaired) electrons. The molecule has 0 bridgehead atoms. The van der Waals surface area contributed by atoms with E-state index in [0.717, 1.165) is 0 Å². The molecule has 0 fully saturated rings. The number of nitrogens with zero attached hydrogens (tertiary/aromatic N) is 3. The van der Waals surface area contributed by atoms with Gasteiger partial charge in [-0.15, -0.1) is 5.10 Å². The van der Waals surface area contributed by atoms with E-state index in [9.17, 15) is 9.59 Å². The molecular weight excluding hydrogens is 250 g/mol. The van der Waals surface area contributed by atoms with Gasteiger partial charge in [0.15, 0.2) is 0 Å². The minimum atomic E-state index is -0.857. The molecule has 1 atom stereocenters. The highest BCUT2D eigenvalue weighted by Crippen LogP contribution is 2.06. The Labute approximate surface area is 111 Å². The van der Waals surface area contributed by atoms with Crippen LogP contribution < -0.4 is 11.1 Å². The Balaban J connectivity index is 2.36. The van der Waals surface area contributed by atoms with Crippen molar-refractivity contribution in [3.05, 3.63) is 11.9 Å². The van der Waals surface area contributed by atoms with E-state index in [1.807, 2.05) is 6.92 Å². The zero-order valence-electron chi connectivity index (χ0n) is 10.9. The highest BCUT2D eigenvalue weighted by Gasteiger charge is 2.13. The number of rotatable bonds is 8. The average Bonchev–Trinajstić information content (AvgIpc) is 2.81. The number of nitrogens with two attached hydrogens (primary N) is 1. The van der Waals surface area contributed by atoms with Crippen LogP contribution in [0.1, 0.15) is 25.5 Å². The van der Waals surface area contributed by atoms with Crippen molar-refractivity contribution in [1.29, 1.82) is 0 Å². The van der Waals surface area contributed by atoms with Crippen LogP contribution in [0.3, 0.4) is 0 Å². The number of amides is 1. The lowest BCUT2D eigenvalue weighted by molar-refractivity contribution is -0.138. The molecule has 19 heavy (non-hydrogen) atoms. The molecule has 4 N–H and O–H groups in total. The maximum Gasteiger partial charge on any atom is 0.303 e. The van der Waals surface area contributed by atoms with Crippen LogP contribution in [0.4, 0.5) is 0 Å². The summed E-state index contributed by atoms with van der Waals surface area (Å²) >= 11 is 0. The molecule has 8 nitrogen and oxygen atoms in total. The zero-order chi connectivity index (χ0) is 14.3. The summed E-state index contributed by atoms with van der Waals surface area (Å²) in [6.45, 7) is 2.57. The second-order valence-corrected chi connectivity index (χ2v) is 4.29. The van der Waals surface area contributed by atoms with Crippen LogP contribution in [0, 0.1) is 5.92 Å². The summed E-state index contributed by atoms with van der Waals surface area (Å²) in [5, 5.41) is 18.9. The fraction of sp³-hybridized carbons (Fsp3) is 0.636. The third-order valence-corrected chi connectivity index (χ3v) is 2.73. The minimum Gasteiger partial charge on any atom is -0.481 e. The van der Waals surface area contributed by atoms with Gasteiger partial charge in [0, 0.05) is 19.5 Å². The minimum absolute atomic E-state index is 0.0521. The topological polar surface area (TPSA) is 123 Å². The number of carboxylic acids is 1. The van der Waals surface area contributed by atoms with Crippen molar-refractivity contribution < 1.29 is 14.7 Å². The molecule has 1 unspecified atom stereocenters. The van der Waals surface area contributed by atoms with Gasteiger partial charge < -0.3 is 16.2 Å². The van der Waals surface area contributed by atoms with E-state index in [2.05, 4.69) is 15.6 Å². The molecule has 8 heteroatoms. The first-order chi connectivity index (χ1) is 9.05. The van der Waals surface area contributed by atoms with Crippen molar-refractivity contribution in [2.75, 3.05) is 6.54 Å². The molecular formula is C11H19N5O3. The van der Waals surface area contributed by atoms with Crippen LogP contribution >= 0.6 is 0 Å². The first kappa shape index (κ1) is 15.1. The molecule has 1 heterocycles. The number of aromatic nitrogens is 3. The molecule has 1 aromatic heterocycles. The van der Waals surface area contributed by atoms with Crippen LogP contribution in [-0.2, 0) is 22.7 Å². The molecule has 0 spiro atoms. The smallest absolute Gasteiger partial charge is 0.303 e. The monoisotopic (exact) mass is 269 g/mol. The molecule has 0 aliphatic heterocycles. The number of carbonyl (C=O) groups is 2. The highest BCUT2D eigenvalue weighted by molar-refractivity contribution is 5.75. The van der Waals surface area contributed by atoms with Gasteiger partial charge in [-0.1, -0.05) is 18.6 Å². The van der Waals surface area contributed by atoms with Crippen LogP contribution in [-0.4, -0.2) is 38.5 Å². The van der Waals surface area contributed by atoms with Crippen molar-refractivity contribution >= 4 is 11.9 Å². The maximum absolute atomic E-state index is 11.6. The summed E-state index contributed by atoms with van der Waals surface area (Å²) in [4.78, 5) is 22.2. The van der Waals surface area contributed by atoms with E-state index < -0.39 is 5.97 Å². The number of aliphatic carboxylic acids is 1. The van der Waals surface area contributed by atoms with Crippen molar-refractivity contribution in [1.82, 2.24) is 20.3 Å². The molecule has 1 rings (SSSR count). The normalized spacial score (nSPS) is 12.1. The standard InChI is InChI=1S/C11H19N5O3/c1-2-8(3-11(18)19)5-13-10(17)7-16-6-9(4-12)14-15-16/h6,8H,2-5,7,12H2,1H3,(H,13,17)(H,18,19). The van der Waals surface area contributed by atoms with Gasteiger partial charge in [-0.05, 0) is 5.92 Å². The van der Waals surface area contributed by atoms with E-state index >= 15 is 0 Å². The number of carboxylic acid groups (broad SMARTS) is 1. The maximum atomic E-state index is 11.6. The van der Waals surface area contributed by atoms with Gasteiger partial charge in [-0.3, -0.25) is 9.59 Å². The molecule has 0 aliphatic carbocycles. The Morgan fingerprint density at radius 3 is 2.84 bits per heavy atom. The SMILES string of the molecule is CCC(CNC(=O)Cn1cc(CN)nn1)CC(=O)O. The Morgan fingerprint density at radius 2 is 2.32 bits per heavy atom.